The van der Waals surface area contributed by atoms with Crippen LogP contribution in [0.4, 0.5) is 8.78 Å². The Morgan fingerprint density at radius 3 is 2.52 bits per heavy atom. The van der Waals surface area contributed by atoms with E-state index in [4.69, 9.17) is 20.9 Å². The minimum absolute atomic E-state index is 0.0629. The van der Waals surface area contributed by atoms with Crippen molar-refractivity contribution in [3.8, 4) is 5.88 Å². The molecule has 0 unspecified atom stereocenters. The average Bonchev–Trinajstić information content (AvgIpc) is 2.77. The van der Waals surface area contributed by atoms with E-state index in [1.807, 2.05) is 0 Å². The van der Waals surface area contributed by atoms with Crippen LogP contribution >= 0.6 is 11.6 Å². The predicted molar refractivity (Wildman–Crippen MR) is 118 cm³/mol. The third-order valence-electron chi connectivity index (χ3n) is 5.28. The molecule has 12 heteroatoms. The number of hydrogen-bond acceptors (Lipinski definition) is 6. The highest BCUT2D eigenvalue weighted by Gasteiger charge is 2.22. The fourth-order valence-electron chi connectivity index (χ4n) is 3.44. The zero-order chi connectivity index (χ0) is 24.0. The number of benzene rings is 1. The number of halogens is 3. The molecule has 8 nitrogen and oxygen atoms in total. The SMILES string of the molecule is O=C(COc1ncc(Cl)cc1CCS(=O)(=O)O)N1CCN(CCc2ccc(F)c(F)c2)CC1. The number of piperazine rings is 1. The van der Waals surface area contributed by atoms with E-state index in [9.17, 15) is 22.0 Å². The second-order valence-corrected chi connectivity index (χ2v) is 9.67. The molecular weight excluding hydrogens is 480 g/mol. The minimum atomic E-state index is -4.17. The Kier molecular flexibility index (Phi) is 8.57. The highest BCUT2D eigenvalue weighted by Crippen LogP contribution is 2.21. The van der Waals surface area contributed by atoms with Gasteiger partial charge in [-0.3, -0.25) is 14.2 Å². The zero-order valence-electron chi connectivity index (χ0n) is 17.7. The number of pyridine rings is 1. The lowest BCUT2D eigenvalue weighted by Crippen LogP contribution is -2.50. The average molecular weight is 504 g/mol. The summed E-state index contributed by atoms with van der Waals surface area (Å²) in [6.07, 6.45) is 1.83. The van der Waals surface area contributed by atoms with Crippen LogP contribution in [0.2, 0.25) is 5.02 Å². The van der Waals surface area contributed by atoms with Gasteiger partial charge in [0.15, 0.2) is 18.2 Å². The molecule has 3 rings (SSSR count). The second kappa shape index (κ2) is 11.2. The van der Waals surface area contributed by atoms with E-state index in [1.54, 1.807) is 11.0 Å². The summed E-state index contributed by atoms with van der Waals surface area (Å²) in [7, 11) is -4.17. The van der Waals surface area contributed by atoms with Gasteiger partial charge in [0.25, 0.3) is 16.0 Å². The van der Waals surface area contributed by atoms with Crippen molar-refractivity contribution in [2.75, 3.05) is 45.1 Å². The van der Waals surface area contributed by atoms with Gasteiger partial charge in [-0.15, -0.1) is 0 Å². The molecule has 0 aliphatic carbocycles. The van der Waals surface area contributed by atoms with E-state index in [1.165, 1.54) is 18.3 Å². The molecule has 1 fully saturated rings. The fourth-order valence-corrected chi connectivity index (χ4v) is 4.10. The molecule has 33 heavy (non-hydrogen) atoms. The Morgan fingerprint density at radius 2 is 1.85 bits per heavy atom. The molecule has 1 amide bonds. The van der Waals surface area contributed by atoms with Crippen LogP contribution in [0.25, 0.3) is 0 Å². The normalized spacial score (nSPS) is 15.0. The third kappa shape index (κ3) is 7.88. The largest absolute Gasteiger partial charge is 0.467 e. The predicted octanol–water partition coefficient (Wildman–Crippen LogP) is 2.21. The Balaban J connectivity index is 1.46. The summed E-state index contributed by atoms with van der Waals surface area (Å²) in [6, 6.07) is 5.35. The van der Waals surface area contributed by atoms with Crippen LogP contribution in [0.15, 0.2) is 30.5 Å². The number of aromatic nitrogens is 1. The quantitative estimate of drug-likeness (QED) is 0.524. The van der Waals surface area contributed by atoms with E-state index in [0.717, 1.165) is 6.07 Å². The van der Waals surface area contributed by atoms with E-state index in [-0.39, 0.29) is 29.8 Å². The van der Waals surface area contributed by atoms with Crippen molar-refractivity contribution in [1.29, 1.82) is 0 Å². The lowest BCUT2D eigenvalue weighted by molar-refractivity contribution is -0.135. The Hall–Kier alpha value is -2.34. The molecule has 1 aromatic carbocycles. The number of carbonyl (C=O) groups excluding carboxylic acids is 1. The lowest BCUT2D eigenvalue weighted by Gasteiger charge is -2.34. The molecule has 1 aromatic heterocycles. The minimum Gasteiger partial charge on any atom is -0.467 e. The first kappa shape index (κ1) is 25.3. The molecule has 0 atom stereocenters. The van der Waals surface area contributed by atoms with Gasteiger partial charge in [-0.05, 0) is 36.6 Å². The van der Waals surface area contributed by atoms with E-state index in [2.05, 4.69) is 9.88 Å². The highest BCUT2D eigenvalue weighted by molar-refractivity contribution is 7.85. The van der Waals surface area contributed by atoms with Crippen LogP contribution < -0.4 is 4.74 Å². The maximum absolute atomic E-state index is 13.3. The summed E-state index contributed by atoms with van der Waals surface area (Å²) in [5.74, 6) is -2.41. The van der Waals surface area contributed by atoms with Crippen LogP contribution in [0.5, 0.6) is 5.88 Å². The highest BCUT2D eigenvalue weighted by atomic mass is 35.5. The summed E-state index contributed by atoms with van der Waals surface area (Å²) >= 11 is 5.90. The maximum atomic E-state index is 13.3. The second-order valence-electron chi connectivity index (χ2n) is 7.66. The van der Waals surface area contributed by atoms with Crippen molar-refractivity contribution in [3.05, 3.63) is 58.2 Å². The summed E-state index contributed by atoms with van der Waals surface area (Å²) in [4.78, 5) is 20.3. The van der Waals surface area contributed by atoms with Gasteiger partial charge in [0.2, 0.25) is 5.88 Å². The number of rotatable bonds is 9. The number of ether oxygens (including phenoxy) is 1. The van der Waals surface area contributed by atoms with Crippen molar-refractivity contribution >= 4 is 27.6 Å². The maximum Gasteiger partial charge on any atom is 0.265 e. The smallest absolute Gasteiger partial charge is 0.265 e. The first-order valence-electron chi connectivity index (χ1n) is 10.3. The van der Waals surface area contributed by atoms with Gasteiger partial charge < -0.3 is 9.64 Å². The zero-order valence-corrected chi connectivity index (χ0v) is 19.3. The number of aryl methyl sites for hydroxylation is 1. The van der Waals surface area contributed by atoms with Crippen LogP contribution in [0.1, 0.15) is 11.1 Å². The molecular formula is C21H24ClF2N3O5S. The number of carbonyl (C=O) groups is 1. The number of nitrogens with zero attached hydrogens (tertiary/aromatic N) is 3. The van der Waals surface area contributed by atoms with Crippen molar-refractivity contribution < 1.29 is 31.3 Å². The molecule has 2 aromatic rings. The van der Waals surface area contributed by atoms with Crippen molar-refractivity contribution in [2.24, 2.45) is 0 Å². The molecule has 180 valence electrons. The van der Waals surface area contributed by atoms with Gasteiger partial charge in [0.05, 0.1) is 10.8 Å². The van der Waals surface area contributed by atoms with Crippen molar-refractivity contribution in [1.82, 2.24) is 14.8 Å². The molecule has 0 bridgehead atoms. The van der Waals surface area contributed by atoms with Crippen LogP contribution in [0, 0.1) is 11.6 Å². The van der Waals surface area contributed by atoms with Crippen LogP contribution in [-0.2, 0) is 27.8 Å². The van der Waals surface area contributed by atoms with Gasteiger partial charge in [-0.25, -0.2) is 13.8 Å². The van der Waals surface area contributed by atoms with Gasteiger partial charge in [0.1, 0.15) is 0 Å². The first-order chi connectivity index (χ1) is 15.6. The van der Waals surface area contributed by atoms with Crippen molar-refractivity contribution in [2.45, 2.75) is 12.8 Å². The van der Waals surface area contributed by atoms with Gasteiger partial charge in [-0.2, -0.15) is 8.42 Å². The number of amides is 1. The van der Waals surface area contributed by atoms with Gasteiger partial charge in [-0.1, -0.05) is 17.7 Å². The Labute approximate surface area is 195 Å². The molecule has 1 aliphatic rings. The molecule has 0 radical (unpaired) electrons. The molecule has 1 aliphatic heterocycles. The Bertz CT molecular complexity index is 1100. The lowest BCUT2D eigenvalue weighted by atomic mass is 10.1. The van der Waals surface area contributed by atoms with Gasteiger partial charge >= 0.3 is 0 Å². The molecule has 0 saturated carbocycles. The topological polar surface area (TPSA) is 100 Å². The standard InChI is InChI=1S/C21H24ClF2N3O5S/c22-17-12-16(4-10-33(29,30)31)21(25-13-17)32-14-20(28)27-8-6-26(7-9-27)5-3-15-1-2-18(23)19(24)11-15/h1-2,11-13H,3-10,14H2,(H,29,30,31). The third-order valence-corrected chi connectivity index (χ3v) is 6.21. The number of hydrogen-bond donors (Lipinski definition) is 1. The van der Waals surface area contributed by atoms with Crippen LogP contribution in [-0.4, -0.2) is 78.7 Å². The van der Waals surface area contributed by atoms with Gasteiger partial charge in [0, 0.05) is 44.5 Å². The van der Waals surface area contributed by atoms with E-state index in [0.29, 0.717) is 50.3 Å². The summed E-state index contributed by atoms with van der Waals surface area (Å²) in [5, 5.41) is 0.276. The van der Waals surface area contributed by atoms with Crippen LogP contribution in [0.3, 0.4) is 0 Å². The fraction of sp³-hybridized carbons (Fsp3) is 0.429. The monoisotopic (exact) mass is 503 g/mol. The molecule has 2 heterocycles. The first-order valence-corrected chi connectivity index (χ1v) is 12.3. The van der Waals surface area contributed by atoms with Crippen molar-refractivity contribution in [3.63, 3.8) is 0 Å². The van der Waals surface area contributed by atoms with E-state index >= 15 is 0 Å². The molecule has 0 spiro atoms. The molecule has 1 saturated heterocycles. The van der Waals surface area contributed by atoms with E-state index < -0.39 is 27.5 Å². The molecule has 1 N–H and O–H groups in total. The summed E-state index contributed by atoms with van der Waals surface area (Å²) < 4.78 is 62.9. The Morgan fingerprint density at radius 1 is 1.12 bits per heavy atom. The summed E-state index contributed by atoms with van der Waals surface area (Å²) in [5.41, 5.74) is 1.08. The summed E-state index contributed by atoms with van der Waals surface area (Å²) in [6.45, 7) is 2.63.